The van der Waals surface area contributed by atoms with Gasteiger partial charge in [-0.05, 0) is 24.6 Å². The molecule has 20 heavy (non-hydrogen) atoms. The molecule has 0 spiro atoms. The molecule has 2 fully saturated rings. The number of piperazine rings is 1. The summed E-state index contributed by atoms with van der Waals surface area (Å²) in [5.41, 5.74) is 1.09. The van der Waals surface area contributed by atoms with E-state index in [0.717, 1.165) is 50.9 Å². The van der Waals surface area contributed by atoms with E-state index in [1.165, 1.54) is 6.07 Å². The van der Waals surface area contributed by atoms with Gasteiger partial charge in [-0.2, -0.15) is 0 Å². The molecule has 0 radical (unpaired) electrons. The van der Waals surface area contributed by atoms with E-state index in [1.807, 2.05) is 6.07 Å². The molecule has 5 heteroatoms. The first-order valence-electron chi connectivity index (χ1n) is 7.29. The maximum Gasteiger partial charge on any atom is 0.141 e. The van der Waals surface area contributed by atoms with E-state index >= 15 is 0 Å². The van der Waals surface area contributed by atoms with Crippen molar-refractivity contribution in [2.24, 2.45) is 0 Å². The Morgan fingerprint density at radius 3 is 2.50 bits per heavy atom. The zero-order valence-electron chi connectivity index (χ0n) is 11.8. The van der Waals surface area contributed by atoms with E-state index in [-0.39, 0.29) is 16.9 Å². The molecule has 1 unspecified atom stereocenters. The van der Waals surface area contributed by atoms with Gasteiger partial charge in [0, 0.05) is 51.4 Å². The summed E-state index contributed by atoms with van der Waals surface area (Å²) in [5.74, 6) is -0.343. The van der Waals surface area contributed by atoms with Crippen LogP contribution in [0.1, 0.15) is 18.5 Å². The van der Waals surface area contributed by atoms with E-state index < -0.39 is 0 Å². The Hall–Kier alpha value is -0.680. The summed E-state index contributed by atoms with van der Waals surface area (Å²) < 4.78 is 13.2. The van der Waals surface area contributed by atoms with E-state index in [2.05, 4.69) is 22.0 Å². The van der Waals surface area contributed by atoms with Gasteiger partial charge in [0.05, 0.1) is 5.02 Å². The Labute approximate surface area is 124 Å². The lowest BCUT2D eigenvalue weighted by atomic mass is 10.0. The van der Waals surface area contributed by atoms with Crippen LogP contribution in [-0.2, 0) is 0 Å². The molecule has 1 atom stereocenters. The molecule has 0 amide bonds. The molecule has 3 rings (SSSR count). The normalized spacial score (nSPS) is 23.6. The third-order valence-corrected chi connectivity index (χ3v) is 4.89. The lowest BCUT2D eigenvalue weighted by Gasteiger charge is -2.44. The molecule has 3 nitrogen and oxygen atoms in total. The van der Waals surface area contributed by atoms with Gasteiger partial charge in [0.25, 0.3) is 0 Å². The first-order valence-corrected chi connectivity index (χ1v) is 7.66. The standard InChI is InChI=1S/C15H21ClFN3/c1-11(12-2-3-15(17)14(16)8-12)19-4-6-20(7-5-19)13-9-18-10-13/h2-3,8,11,13,18H,4-7,9-10H2,1H3. The van der Waals surface area contributed by atoms with Crippen LogP contribution >= 0.6 is 11.6 Å². The summed E-state index contributed by atoms with van der Waals surface area (Å²) in [6.45, 7) is 8.78. The Morgan fingerprint density at radius 1 is 1.25 bits per heavy atom. The quantitative estimate of drug-likeness (QED) is 0.922. The molecule has 2 heterocycles. The van der Waals surface area contributed by atoms with Gasteiger partial charge >= 0.3 is 0 Å². The average Bonchev–Trinajstić information content (AvgIpc) is 2.40. The summed E-state index contributed by atoms with van der Waals surface area (Å²) in [7, 11) is 0. The highest BCUT2D eigenvalue weighted by Gasteiger charge is 2.29. The summed E-state index contributed by atoms with van der Waals surface area (Å²) in [6, 6.07) is 6.07. The molecule has 110 valence electrons. The largest absolute Gasteiger partial charge is 0.314 e. The van der Waals surface area contributed by atoms with Crippen LogP contribution in [0, 0.1) is 5.82 Å². The lowest BCUT2D eigenvalue weighted by molar-refractivity contribution is 0.0552. The van der Waals surface area contributed by atoms with Crippen LogP contribution in [0.2, 0.25) is 5.02 Å². The van der Waals surface area contributed by atoms with E-state index in [4.69, 9.17) is 11.6 Å². The Balaban J connectivity index is 1.60. The number of hydrogen-bond acceptors (Lipinski definition) is 3. The van der Waals surface area contributed by atoms with Gasteiger partial charge in [0.15, 0.2) is 0 Å². The summed E-state index contributed by atoms with van der Waals surface area (Å²) in [6.07, 6.45) is 0. The highest BCUT2D eigenvalue weighted by Crippen LogP contribution is 2.26. The first kappa shape index (κ1) is 14.3. The maximum absolute atomic E-state index is 13.2. The van der Waals surface area contributed by atoms with Gasteiger partial charge < -0.3 is 5.32 Å². The minimum atomic E-state index is -0.343. The highest BCUT2D eigenvalue weighted by atomic mass is 35.5. The van der Waals surface area contributed by atoms with Gasteiger partial charge in [0.1, 0.15) is 5.82 Å². The Bertz CT molecular complexity index is 470. The Morgan fingerprint density at radius 2 is 1.95 bits per heavy atom. The average molecular weight is 298 g/mol. The SMILES string of the molecule is CC(c1ccc(F)c(Cl)c1)N1CCN(C2CNC2)CC1. The van der Waals surface area contributed by atoms with Crippen molar-refractivity contribution in [3.05, 3.63) is 34.6 Å². The van der Waals surface area contributed by atoms with Crippen molar-refractivity contribution >= 4 is 11.6 Å². The van der Waals surface area contributed by atoms with E-state index in [9.17, 15) is 4.39 Å². The number of halogens is 2. The predicted molar refractivity (Wildman–Crippen MR) is 79.6 cm³/mol. The van der Waals surface area contributed by atoms with Crippen molar-refractivity contribution in [1.82, 2.24) is 15.1 Å². The van der Waals surface area contributed by atoms with Crippen LogP contribution in [0.5, 0.6) is 0 Å². The molecule has 2 aliphatic rings. The molecule has 1 aromatic rings. The van der Waals surface area contributed by atoms with Crippen LogP contribution in [-0.4, -0.2) is 55.1 Å². The van der Waals surface area contributed by atoms with Crippen molar-refractivity contribution in [2.75, 3.05) is 39.3 Å². The lowest BCUT2D eigenvalue weighted by Crippen LogP contribution is -2.61. The van der Waals surface area contributed by atoms with Crippen LogP contribution < -0.4 is 5.32 Å². The van der Waals surface area contributed by atoms with E-state index in [0.29, 0.717) is 0 Å². The number of hydrogen-bond donors (Lipinski definition) is 1. The zero-order chi connectivity index (χ0) is 14.1. The fraction of sp³-hybridized carbons (Fsp3) is 0.600. The van der Waals surface area contributed by atoms with Crippen LogP contribution in [0.4, 0.5) is 4.39 Å². The van der Waals surface area contributed by atoms with Crippen molar-refractivity contribution in [3.8, 4) is 0 Å². The van der Waals surface area contributed by atoms with Crippen LogP contribution in [0.15, 0.2) is 18.2 Å². The minimum absolute atomic E-state index is 0.216. The highest BCUT2D eigenvalue weighted by molar-refractivity contribution is 6.30. The second-order valence-electron chi connectivity index (χ2n) is 5.73. The molecule has 0 saturated carbocycles. The number of rotatable bonds is 3. The van der Waals surface area contributed by atoms with Gasteiger partial charge in [-0.25, -0.2) is 4.39 Å². The summed E-state index contributed by atoms with van der Waals surface area (Å²) >= 11 is 5.88. The summed E-state index contributed by atoms with van der Waals surface area (Å²) in [4.78, 5) is 5.02. The van der Waals surface area contributed by atoms with Crippen LogP contribution in [0.25, 0.3) is 0 Å². The second kappa shape index (κ2) is 5.98. The molecule has 1 N–H and O–H groups in total. The first-order chi connectivity index (χ1) is 9.65. The molecule has 0 aromatic heterocycles. The fourth-order valence-corrected chi connectivity index (χ4v) is 3.19. The molecular formula is C15H21ClFN3. The molecule has 1 aromatic carbocycles. The van der Waals surface area contributed by atoms with Crippen LogP contribution in [0.3, 0.4) is 0 Å². The topological polar surface area (TPSA) is 18.5 Å². The monoisotopic (exact) mass is 297 g/mol. The third-order valence-electron chi connectivity index (χ3n) is 4.60. The molecule has 2 saturated heterocycles. The van der Waals surface area contributed by atoms with Gasteiger partial charge in [-0.3, -0.25) is 9.80 Å². The smallest absolute Gasteiger partial charge is 0.141 e. The van der Waals surface area contributed by atoms with Crippen molar-refractivity contribution in [3.63, 3.8) is 0 Å². The molecular weight excluding hydrogens is 277 g/mol. The molecule has 2 aliphatic heterocycles. The second-order valence-corrected chi connectivity index (χ2v) is 6.14. The maximum atomic E-state index is 13.2. The van der Waals surface area contributed by atoms with E-state index in [1.54, 1.807) is 6.07 Å². The van der Waals surface area contributed by atoms with Gasteiger partial charge in [0.2, 0.25) is 0 Å². The molecule has 0 aliphatic carbocycles. The number of nitrogens with one attached hydrogen (secondary N) is 1. The number of nitrogens with zero attached hydrogens (tertiary/aromatic N) is 2. The number of benzene rings is 1. The third kappa shape index (κ3) is 2.84. The fourth-order valence-electron chi connectivity index (χ4n) is 3.00. The minimum Gasteiger partial charge on any atom is -0.314 e. The summed E-state index contributed by atoms with van der Waals surface area (Å²) in [5, 5.41) is 3.54. The van der Waals surface area contributed by atoms with Crippen molar-refractivity contribution in [1.29, 1.82) is 0 Å². The molecule has 0 bridgehead atoms. The zero-order valence-corrected chi connectivity index (χ0v) is 12.5. The predicted octanol–water partition coefficient (Wildman–Crippen LogP) is 2.13. The Kier molecular flexibility index (Phi) is 4.26. The van der Waals surface area contributed by atoms with Crippen molar-refractivity contribution in [2.45, 2.75) is 19.0 Å². The van der Waals surface area contributed by atoms with Gasteiger partial charge in [-0.1, -0.05) is 17.7 Å². The van der Waals surface area contributed by atoms with Crippen molar-refractivity contribution < 1.29 is 4.39 Å². The van der Waals surface area contributed by atoms with Gasteiger partial charge in [-0.15, -0.1) is 0 Å².